The molecule has 0 spiro atoms. The lowest BCUT2D eigenvalue weighted by molar-refractivity contribution is 0.439. The van der Waals surface area contributed by atoms with Crippen LogP contribution in [0.25, 0.3) is 22.2 Å². The molecule has 1 aromatic carbocycles. The highest BCUT2D eigenvalue weighted by Crippen LogP contribution is 2.32. The molecule has 3 aromatic rings. The molecule has 19 heavy (non-hydrogen) atoms. The second-order valence-corrected chi connectivity index (χ2v) is 5.83. The summed E-state index contributed by atoms with van der Waals surface area (Å²) in [5.41, 5.74) is 9.86. The maximum Gasteiger partial charge on any atom is 0.222 e. The number of aromatic amines is 1. The van der Waals surface area contributed by atoms with E-state index in [4.69, 9.17) is 10.3 Å². The zero-order chi connectivity index (χ0) is 13.6. The monoisotopic (exact) mass is 255 g/mol. The zero-order valence-electron chi connectivity index (χ0n) is 11.3. The summed E-state index contributed by atoms with van der Waals surface area (Å²) in [5, 5.41) is 5.12. The van der Waals surface area contributed by atoms with E-state index < -0.39 is 0 Å². The number of nitrogens with two attached hydrogens (primary N) is 1. The van der Waals surface area contributed by atoms with Gasteiger partial charge in [-0.25, -0.2) is 0 Å². The highest BCUT2D eigenvalue weighted by Gasteiger charge is 2.16. The van der Waals surface area contributed by atoms with Gasteiger partial charge in [0.25, 0.3) is 0 Å². The van der Waals surface area contributed by atoms with Crippen molar-refractivity contribution in [1.82, 2.24) is 10.1 Å². The van der Waals surface area contributed by atoms with Gasteiger partial charge in [-0.15, -0.1) is 0 Å². The van der Waals surface area contributed by atoms with Crippen LogP contribution in [0.5, 0.6) is 0 Å². The van der Waals surface area contributed by atoms with E-state index >= 15 is 0 Å². The highest BCUT2D eigenvalue weighted by atomic mass is 16.5. The molecule has 0 atom stereocenters. The van der Waals surface area contributed by atoms with Crippen molar-refractivity contribution in [3.8, 4) is 11.3 Å². The lowest BCUT2D eigenvalue weighted by Gasteiger charge is -2.19. The van der Waals surface area contributed by atoms with Crippen molar-refractivity contribution >= 4 is 16.8 Å². The molecule has 0 amide bonds. The van der Waals surface area contributed by atoms with Crippen LogP contribution in [0.4, 0.5) is 5.88 Å². The first kappa shape index (κ1) is 11.8. The Morgan fingerprint density at radius 2 is 2.00 bits per heavy atom. The number of rotatable bonds is 1. The molecule has 0 fully saturated rings. The predicted octanol–water partition coefficient (Wildman–Crippen LogP) is 3.70. The molecule has 2 heterocycles. The number of nitrogen functional groups attached to an aromatic ring is 1. The summed E-state index contributed by atoms with van der Waals surface area (Å²) in [4.78, 5) is 3.25. The van der Waals surface area contributed by atoms with Crippen molar-refractivity contribution in [1.29, 1.82) is 0 Å². The molecule has 0 aliphatic carbocycles. The second kappa shape index (κ2) is 3.88. The molecule has 2 aromatic heterocycles. The molecule has 98 valence electrons. The van der Waals surface area contributed by atoms with E-state index in [-0.39, 0.29) is 5.41 Å². The summed E-state index contributed by atoms with van der Waals surface area (Å²) in [6.45, 7) is 6.61. The minimum Gasteiger partial charge on any atom is -0.368 e. The Hall–Kier alpha value is -2.23. The van der Waals surface area contributed by atoms with E-state index in [9.17, 15) is 0 Å². The standard InChI is InChI=1S/C15H17N3O/c1-15(2,3)9-4-5-12-10(6-9)11(8-17-12)13-7-14(16)19-18-13/h4-8,17H,16H2,1-3H3. The maximum atomic E-state index is 5.59. The predicted molar refractivity (Wildman–Crippen MR) is 76.9 cm³/mol. The third-order valence-corrected chi connectivity index (χ3v) is 3.35. The van der Waals surface area contributed by atoms with Crippen molar-refractivity contribution in [3.05, 3.63) is 36.0 Å². The molecule has 3 rings (SSSR count). The molecule has 0 unspecified atom stereocenters. The summed E-state index contributed by atoms with van der Waals surface area (Å²) >= 11 is 0. The van der Waals surface area contributed by atoms with Crippen LogP contribution in [0.2, 0.25) is 0 Å². The normalized spacial score (nSPS) is 12.2. The summed E-state index contributed by atoms with van der Waals surface area (Å²) in [6, 6.07) is 8.20. The molecule has 3 N–H and O–H groups in total. The molecule has 0 saturated carbocycles. The summed E-state index contributed by atoms with van der Waals surface area (Å²) in [5.74, 6) is 0.330. The number of anilines is 1. The van der Waals surface area contributed by atoms with Crippen LogP contribution in [-0.2, 0) is 5.41 Å². The molecule has 4 heteroatoms. The molecule has 0 aliphatic heterocycles. The first-order valence-corrected chi connectivity index (χ1v) is 6.29. The summed E-state index contributed by atoms with van der Waals surface area (Å²) < 4.78 is 4.95. The Morgan fingerprint density at radius 3 is 2.63 bits per heavy atom. The number of nitrogens with one attached hydrogen (secondary N) is 1. The summed E-state index contributed by atoms with van der Waals surface area (Å²) in [7, 11) is 0. The van der Waals surface area contributed by atoms with E-state index in [2.05, 4.69) is 49.1 Å². The van der Waals surface area contributed by atoms with Crippen LogP contribution < -0.4 is 5.73 Å². The molecule has 0 saturated heterocycles. The lowest BCUT2D eigenvalue weighted by Crippen LogP contribution is -2.10. The molecular weight excluding hydrogens is 238 g/mol. The third-order valence-electron chi connectivity index (χ3n) is 3.35. The van der Waals surface area contributed by atoms with Crippen molar-refractivity contribution < 1.29 is 4.52 Å². The van der Waals surface area contributed by atoms with E-state index in [1.165, 1.54) is 5.56 Å². The number of hydrogen-bond donors (Lipinski definition) is 2. The van der Waals surface area contributed by atoms with E-state index in [1.807, 2.05) is 6.20 Å². The van der Waals surface area contributed by atoms with E-state index in [0.717, 1.165) is 22.2 Å². The zero-order valence-corrected chi connectivity index (χ0v) is 11.3. The van der Waals surface area contributed by atoms with Crippen LogP contribution in [0, 0.1) is 0 Å². The topological polar surface area (TPSA) is 67.8 Å². The van der Waals surface area contributed by atoms with Gasteiger partial charge in [-0.05, 0) is 23.1 Å². The van der Waals surface area contributed by atoms with Gasteiger partial charge < -0.3 is 15.2 Å². The van der Waals surface area contributed by atoms with Gasteiger partial charge in [0.1, 0.15) is 5.69 Å². The van der Waals surface area contributed by atoms with Crippen LogP contribution in [0.15, 0.2) is 35.0 Å². The van der Waals surface area contributed by atoms with Gasteiger partial charge in [0, 0.05) is 28.7 Å². The highest BCUT2D eigenvalue weighted by molar-refractivity contribution is 5.95. The molecular formula is C15H17N3O. The molecule has 0 radical (unpaired) electrons. The Morgan fingerprint density at radius 1 is 1.21 bits per heavy atom. The molecule has 4 nitrogen and oxygen atoms in total. The van der Waals surface area contributed by atoms with Crippen LogP contribution in [0.1, 0.15) is 26.3 Å². The quantitative estimate of drug-likeness (QED) is 0.696. The second-order valence-electron chi connectivity index (χ2n) is 5.83. The SMILES string of the molecule is CC(C)(C)c1ccc2[nH]cc(-c3cc(N)on3)c2c1. The van der Waals surface area contributed by atoms with Gasteiger partial charge >= 0.3 is 0 Å². The van der Waals surface area contributed by atoms with Gasteiger partial charge in [-0.1, -0.05) is 32.0 Å². The first-order chi connectivity index (χ1) is 8.95. The van der Waals surface area contributed by atoms with Gasteiger partial charge in [0.2, 0.25) is 5.88 Å². The summed E-state index contributed by atoms with van der Waals surface area (Å²) in [6.07, 6.45) is 1.94. The van der Waals surface area contributed by atoms with Crippen LogP contribution >= 0.6 is 0 Å². The fourth-order valence-corrected chi connectivity index (χ4v) is 2.22. The third kappa shape index (κ3) is 1.99. The minimum absolute atomic E-state index is 0.117. The number of benzene rings is 1. The number of H-pyrrole nitrogens is 1. The average molecular weight is 255 g/mol. The first-order valence-electron chi connectivity index (χ1n) is 6.29. The van der Waals surface area contributed by atoms with Gasteiger partial charge in [-0.2, -0.15) is 0 Å². The van der Waals surface area contributed by atoms with Gasteiger partial charge in [-0.3, -0.25) is 0 Å². The number of hydrogen-bond acceptors (Lipinski definition) is 3. The molecule has 0 aliphatic rings. The van der Waals surface area contributed by atoms with Crippen molar-refractivity contribution in [3.63, 3.8) is 0 Å². The van der Waals surface area contributed by atoms with Crippen LogP contribution in [-0.4, -0.2) is 10.1 Å². The Bertz CT molecular complexity index is 731. The Kier molecular flexibility index (Phi) is 2.42. The molecule has 0 bridgehead atoms. The van der Waals surface area contributed by atoms with Crippen molar-refractivity contribution in [2.24, 2.45) is 0 Å². The Labute approximate surface area is 111 Å². The number of fused-ring (bicyclic) bond motifs is 1. The lowest BCUT2D eigenvalue weighted by atomic mass is 9.86. The largest absolute Gasteiger partial charge is 0.368 e. The van der Waals surface area contributed by atoms with Crippen molar-refractivity contribution in [2.45, 2.75) is 26.2 Å². The fourth-order valence-electron chi connectivity index (χ4n) is 2.22. The number of nitrogens with zero attached hydrogens (tertiary/aromatic N) is 1. The van der Waals surface area contributed by atoms with E-state index in [0.29, 0.717) is 5.88 Å². The fraction of sp³-hybridized carbons (Fsp3) is 0.267. The maximum absolute atomic E-state index is 5.59. The van der Waals surface area contributed by atoms with E-state index in [1.54, 1.807) is 6.07 Å². The minimum atomic E-state index is 0.117. The Balaban J connectivity index is 2.21. The average Bonchev–Trinajstić information content (AvgIpc) is 2.92. The van der Waals surface area contributed by atoms with Gasteiger partial charge in [0.05, 0.1) is 0 Å². The van der Waals surface area contributed by atoms with Gasteiger partial charge in [0.15, 0.2) is 0 Å². The van der Waals surface area contributed by atoms with Crippen molar-refractivity contribution in [2.75, 3.05) is 5.73 Å². The smallest absolute Gasteiger partial charge is 0.222 e. The van der Waals surface area contributed by atoms with Crippen LogP contribution in [0.3, 0.4) is 0 Å². The number of aromatic nitrogens is 2.